The molecule has 1 aromatic heterocycles. The number of nitrogens with one attached hydrogen (secondary N) is 2. The molecule has 5 nitrogen and oxygen atoms in total. The Bertz CT molecular complexity index is 659. The maximum Gasteiger partial charge on any atom is 0.191 e. The van der Waals surface area contributed by atoms with Gasteiger partial charge in [-0.3, -0.25) is 0 Å². The number of benzene rings is 1. The van der Waals surface area contributed by atoms with Crippen LogP contribution in [0.2, 0.25) is 0 Å². The zero-order valence-electron chi connectivity index (χ0n) is 14.8. The molecule has 2 aromatic rings. The van der Waals surface area contributed by atoms with Crippen LogP contribution in [-0.4, -0.2) is 29.1 Å². The Hall–Kier alpha value is -1.92. The van der Waals surface area contributed by atoms with Crippen LogP contribution in [-0.2, 0) is 6.54 Å². The fourth-order valence-corrected chi connectivity index (χ4v) is 3.05. The minimum absolute atomic E-state index is 0.408. The summed E-state index contributed by atoms with van der Waals surface area (Å²) in [5.41, 5.74) is 3.15. The Morgan fingerprint density at radius 3 is 2.50 bits per heavy atom. The molecule has 0 aliphatic carbocycles. The van der Waals surface area contributed by atoms with Gasteiger partial charge in [-0.05, 0) is 33.3 Å². The van der Waals surface area contributed by atoms with E-state index >= 15 is 0 Å². The number of rotatable bonds is 6. The van der Waals surface area contributed by atoms with Gasteiger partial charge in [0.05, 0.1) is 18.3 Å². The number of aryl methyl sites for hydroxylation is 3. The molecule has 0 fully saturated rings. The number of nitrogens with zero attached hydrogens (tertiary/aromatic N) is 2. The molecular formula is C18H26N4OS. The van der Waals surface area contributed by atoms with E-state index in [1.54, 1.807) is 11.3 Å². The molecule has 0 radical (unpaired) electrons. The molecule has 0 aliphatic heterocycles. The molecule has 130 valence electrons. The van der Waals surface area contributed by atoms with Gasteiger partial charge in [0.25, 0.3) is 0 Å². The summed E-state index contributed by atoms with van der Waals surface area (Å²) in [4.78, 5) is 10.3. The number of aliphatic imine (C=N–C) groups is 1. The van der Waals surface area contributed by atoms with Crippen molar-refractivity contribution in [3.05, 3.63) is 51.0 Å². The molecule has 1 aromatic carbocycles. The second-order valence-electron chi connectivity index (χ2n) is 5.75. The third-order valence-corrected chi connectivity index (χ3v) is 4.77. The van der Waals surface area contributed by atoms with Crippen molar-refractivity contribution in [2.75, 3.05) is 13.1 Å². The molecule has 1 unspecified atom stereocenters. The average Bonchev–Trinajstić information content (AvgIpc) is 2.88. The highest BCUT2D eigenvalue weighted by Gasteiger charge is 2.09. The lowest BCUT2D eigenvalue weighted by Crippen LogP contribution is -2.39. The first kappa shape index (κ1) is 18.4. The zero-order valence-corrected chi connectivity index (χ0v) is 15.6. The molecule has 0 bridgehead atoms. The summed E-state index contributed by atoms with van der Waals surface area (Å²) < 4.78 is 0. The fourth-order valence-electron chi connectivity index (χ4n) is 2.20. The Kier molecular flexibility index (Phi) is 6.75. The Balaban J connectivity index is 1.94. The highest BCUT2D eigenvalue weighted by molar-refractivity contribution is 7.11. The maximum atomic E-state index is 10.3. The molecule has 3 N–H and O–H groups in total. The topological polar surface area (TPSA) is 69.5 Å². The number of aliphatic hydroxyl groups excluding tert-OH is 1. The van der Waals surface area contributed by atoms with Crippen molar-refractivity contribution in [1.82, 2.24) is 15.6 Å². The lowest BCUT2D eigenvalue weighted by Gasteiger charge is -2.15. The molecule has 6 heteroatoms. The molecule has 2 rings (SSSR count). The lowest BCUT2D eigenvalue weighted by molar-refractivity contribution is 0.181. The third kappa shape index (κ3) is 5.32. The van der Waals surface area contributed by atoms with Gasteiger partial charge in [-0.25, -0.2) is 9.98 Å². The van der Waals surface area contributed by atoms with Gasteiger partial charge in [0.15, 0.2) is 5.96 Å². The van der Waals surface area contributed by atoms with E-state index in [1.165, 1.54) is 10.4 Å². The van der Waals surface area contributed by atoms with Gasteiger partial charge in [0.2, 0.25) is 0 Å². The first-order valence-corrected chi connectivity index (χ1v) is 9.01. The zero-order chi connectivity index (χ0) is 17.5. The minimum Gasteiger partial charge on any atom is -0.387 e. The second-order valence-corrected chi connectivity index (χ2v) is 7.04. The largest absolute Gasteiger partial charge is 0.387 e. The summed E-state index contributed by atoms with van der Waals surface area (Å²) in [6.07, 6.45) is -0.571. The predicted molar refractivity (Wildman–Crippen MR) is 101 cm³/mol. The molecule has 1 heterocycles. The van der Waals surface area contributed by atoms with Gasteiger partial charge in [0, 0.05) is 18.0 Å². The van der Waals surface area contributed by atoms with E-state index in [0.717, 1.165) is 22.8 Å². The smallest absolute Gasteiger partial charge is 0.191 e. The Morgan fingerprint density at radius 2 is 1.92 bits per heavy atom. The van der Waals surface area contributed by atoms with Crippen molar-refractivity contribution in [3.8, 4) is 0 Å². The molecule has 0 aliphatic rings. The summed E-state index contributed by atoms with van der Waals surface area (Å²) in [5, 5.41) is 17.7. The predicted octanol–water partition coefficient (Wildman–Crippen LogP) is 2.86. The standard InChI is InChI=1S/C18H26N4OS/c1-5-19-18(21-11-17-22-13(3)14(4)24-17)20-10-16(23)15-8-6-12(2)7-9-15/h6-9,16,23H,5,10-11H2,1-4H3,(H2,19,20,21). The monoisotopic (exact) mass is 346 g/mol. The summed E-state index contributed by atoms with van der Waals surface area (Å²) >= 11 is 1.67. The number of thiazole rings is 1. The average molecular weight is 347 g/mol. The van der Waals surface area contributed by atoms with Crippen molar-refractivity contribution >= 4 is 17.3 Å². The van der Waals surface area contributed by atoms with Crippen molar-refractivity contribution in [1.29, 1.82) is 0 Å². The fraction of sp³-hybridized carbons (Fsp3) is 0.444. The van der Waals surface area contributed by atoms with E-state index in [0.29, 0.717) is 19.0 Å². The van der Waals surface area contributed by atoms with Crippen molar-refractivity contribution < 1.29 is 5.11 Å². The molecule has 0 amide bonds. The summed E-state index contributed by atoms with van der Waals surface area (Å²) in [7, 11) is 0. The SMILES string of the molecule is CCNC(=NCc1nc(C)c(C)s1)NCC(O)c1ccc(C)cc1. The second kappa shape index (κ2) is 8.80. The number of aliphatic hydroxyl groups is 1. The molecular weight excluding hydrogens is 320 g/mol. The van der Waals surface area contributed by atoms with Crippen LogP contribution in [0.25, 0.3) is 0 Å². The highest BCUT2D eigenvalue weighted by Crippen LogP contribution is 2.17. The van der Waals surface area contributed by atoms with E-state index in [-0.39, 0.29) is 0 Å². The van der Waals surface area contributed by atoms with Gasteiger partial charge in [0.1, 0.15) is 5.01 Å². The van der Waals surface area contributed by atoms with Crippen LogP contribution in [0.1, 0.15) is 39.7 Å². The summed E-state index contributed by atoms with van der Waals surface area (Å²) in [6.45, 7) is 9.85. The third-order valence-electron chi connectivity index (χ3n) is 3.71. The lowest BCUT2D eigenvalue weighted by atomic mass is 10.1. The molecule has 0 spiro atoms. The van der Waals surface area contributed by atoms with Crippen LogP contribution in [0.4, 0.5) is 0 Å². The van der Waals surface area contributed by atoms with Crippen LogP contribution in [0.3, 0.4) is 0 Å². The van der Waals surface area contributed by atoms with Gasteiger partial charge in [-0.2, -0.15) is 0 Å². The number of guanidine groups is 1. The van der Waals surface area contributed by atoms with Crippen molar-refractivity contribution in [2.45, 2.75) is 40.3 Å². The van der Waals surface area contributed by atoms with Gasteiger partial charge < -0.3 is 15.7 Å². The van der Waals surface area contributed by atoms with E-state index < -0.39 is 6.10 Å². The van der Waals surface area contributed by atoms with Crippen molar-refractivity contribution in [3.63, 3.8) is 0 Å². The Morgan fingerprint density at radius 1 is 1.21 bits per heavy atom. The van der Waals surface area contributed by atoms with Crippen LogP contribution in [0.5, 0.6) is 0 Å². The number of hydrogen-bond donors (Lipinski definition) is 3. The first-order valence-electron chi connectivity index (χ1n) is 8.19. The maximum absolute atomic E-state index is 10.3. The van der Waals surface area contributed by atoms with Crippen molar-refractivity contribution in [2.24, 2.45) is 4.99 Å². The number of aromatic nitrogens is 1. The highest BCUT2D eigenvalue weighted by atomic mass is 32.1. The van der Waals surface area contributed by atoms with Gasteiger partial charge >= 0.3 is 0 Å². The quantitative estimate of drug-likeness (QED) is 0.556. The van der Waals surface area contributed by atoms with Crippen LogP contribution in [0.15, 0.2) is 29.3 Å². The number of hydrogen-bond acceptors (Lipinski definition) is 4. The first-order chi connectivity index (χ1) is 11.5. The summed E-state index contributed by atoms with van der Waals surface area (Å²) in [5.74, 6) is 0.689. The normalized spacial score (nSPS) is 13.0. The molecule has 0 saturated carbocycles. The van der Waals surface area contributed by atoms with Crippen LogP contribution in [0, 0.1) is 20.8 Å². The van der Waals surface area contributed by atoms with Gasteiger partial charge in [-0.1, -0.05) is 29.8 Å². The van der Waals surface area contributed by atoms with Crippen LogP contribution >= 0.6 is 11.3 Å². The molecule has 1 atom stereocenters. The van der Waals surface area contributed by atoms with E-state index in [2.05, 4.69) is 27.5 Å². The van der Waals surface area contributed by atoms with E-state index in [4.69, 9.17) is 0 Å². The Labute approximate surface area is 147 Å². The van der Waals surface area contributed by atoms with Gasteiger partial charge in [-0.15, -0.1) is 11.3 Å². The summed E-state index contributed by atoms with van der Waals surface area (Å²) in [6, 6.07) is 7.91. The molecule has 0 saturated heterocycles. The van der Waals surface area contributed by atoms with E-state index in [1.807, 2.05) is 45.0 Å². The minimum atomic E-state index is -0.571. The molecule has 24 heavy (non-hydrogen) atoms. The van der Waals surface area contributed by atoms with E-state index in [9.17, 15) is 5.11 Å². The van der Waals surface area contributed by atoms with Crippen LogP contribution < -0.4 is 10.6 Å².